The Morgan fingerprint density at radius 2 is 2.00 bits per heavy atom. The molecule has 5 rings (SSSR count). The van der Waals surface area contributed by atoms with Crippen molar-refractivity contribution in [3.05, 3.63) is 41.0 Å². The van der Waals surface area contributed by atoms with Gasteiger partial charge in [0.05, 0.1) is 19.2 Å². The molecule has 216 valence electrons. The van der Waals surface area contributed by atoms with Gasteiger partial charge in [-0.2, -0.15) is 13.2 Å². The van der Waals surface area contributed by atoms with Gasteiger partial charge in [0, 0.05) is 12.8 Å². The number of halogens is 5. The molecule has 2 fully saturated rings. The van der Waals surface area contributed by atoms with E-state index >= 15 is 0 Å². The maximum Gasteiger partial charge on any atom is 0.410 e. The van der Waals surface area contributed by atoms with Crippen LogP contribution in [0, 0.1) is 12.8 Å². The Kier molecular flexibility index (Phi) is 7.14. The van der Waals surface area contributed by atoms with Crippen LogP contribution in [-0.4, -0.2) is 68.5 Å². The van der Waals surface area contributed by atoms with E-state index in [-0.39, 0.29) is 54.1 Å². The number of benzene rings is 1. The molecule has 3 N–H and O–H groups in total. The molecule has 1 saturated carbocycles. The SMILES string of the molecule is Cc1nonc1C(=O)NC(c1nc2cc(C(CO)N3CC(C(F)(F)F)NC3=O)ccc2o1)C1CCC(F)(F)CC1. The number of fused-ring (bicyclic) bond motifs is 1. The average molecular weight is 572 g/mol. The van der Waals surface area contributed by atoms with Crippen molar-refractivity contribution in [2.75, 3.05) is 13.2 Å². The zero-order chi connectivity index (χ0) is 28.8. The molecule has 1 aromatic carbocycles. The van der Waals surface area contributed by atoms with Gasteiger partial charge in [-0.15, -0.1) is 0 Å². The molecule has 1 aliphatic heterocycles. The molecule has 1 saturated heterocycles. The molecule has 40 heavy (non-hydrogen) atoms. The third kappa shape index (κ3) is 5.44. The Balaban J connectivity index is 1.44. The van der Waals surface area contributed by atoms with Crippen LogP contribution in [0.25, 0.3) is 11.1 Å². The maximum atomic E-state index is 13.9. The zero-order valence-corrected chi connectivity index (χ0v) is 21.0. The maximum absolute atomic E-state index is 13.9. The molecule has 3 aromatic rings. The van der Waals surface area contributed by atoms with Crippen LogP contribution in [-0.2, 0) is 0 Å². The van der Waals surface area contributed by atoms with Crippen LogP contribution in [0.2, 0.25) is 0 Å². The summed E-state index contributed by atoms with van der Waals surface area (Å²) in [6.07, 6.45) is -5.26. The second-order valence-corrected chi connectivity index (χ2v) is 10.0. The Morgan fingerprint density at radius 1 is 1.27 bits per heavy atom. The lowest BCUT2D eigenvalue weighted by Crippen LogP contribution is -2.40. The van der Waals surface area contributed by atoms with E-state index in [1.807, 2.05) is 5.32 Å². The van der Waals surface area contributed by atoms with Crippen LogP contribution in [0.15, 0.2) is 27.2 Å². The Labute approximate surface area is 223 Å². The minimum absolute atomic E-state index is 0.0291. The van der Waals surface area contributed by atoms with E-state index in [1.165, 1.54) is 25.1 Å². The summed E-state index contributed by atoms with van der Waals surface area (Å²) in [5.41, 5.74) is 0.917. The number of hydrogen-bond acceptors (Lipinski definition) is 8. The van der Waals surface area contributed by atoms with Crippen LogP contribution in [0.4, 0.5) is 26.7 Å². The molecule has 3 amide bonds. The number of aliphatic hydroxyl groups is 1. The fourth-order valence-electron chi connectivity index (χ4n) is 5.12. The van der Waals surface area contributed by atoms with E-state index in [0.717, 1.165) is 4.90 Å². The number of urea groups is 1. The van der Waals surface area contributed by atoms with Gasteiger partial charge in [0.25, 0.3) is 5.91 Å². The minimum atomic E-state index is -4.65. The number of hydrogen-bond donors (Lipinski definition) is 3. The molecule has 2 aromatic heterocycles. The van der Waals surface area contributed by atoms with Gasteiger partial charge in [-0.3, -0.25) is 4.79 Å². The summed E-state index contributed by atoms with van der Waals surface area (Å²) >= 11 is 0. The topological polar surface area (TPSA) is 147 Å². The molecular formula is C24H25F5N6O5. The van der Waals surface area contributed by atoms with Crippen molar-refractivity contribution in [2.24, 2.45) is 5.92 Å². The Hall–Kier alpha value is -3.82. The van der Waals surface area contributed by atoms with Crippen molar-refractivity contribution in [2.45, 2.75) is 62.8 Å². The van der Waals surface area contributed by atoms with Crippen molar-refractivity contribution in [3.8, 4) is 0 Å². The number of alkyl halides is 5. The highest BCUT2D eigenvalue weighted by Crippen LogP contribution is 2.42. The van der Waals surface area contributed by atoms with Crippen LogP contribution in [0.3, 0.4) is 0 Å². The Morgan fingerprint density at radius 3 is 2.60 bits per heavy atom. The lowest BCUT2D eigenvalue weighted by atomic mass is 9.82. The summed E-state index contributed by atoms with van der Waals surface area (Å²) in [6.45, 7) is 0.165. The van der Waals surface area contributed by atoms with Gasteiger partial charge < -0.3 is 25.1 Å². The predicted molar refractivity (Wildman–Crippen MR) is 125 cm³/mol. The number of carbonyl (C=O) groups is 2. The van der Waals surface area contributed by atoms with Gasteiger partial charge in [-0.25, -0.2) is 23.2 Å². The number of carbonyl (C=O) groups excluding carboxylic acids is 2. The number of aryl methyl sites for hydroxylation is 1. The number of amides is 3. The van der Waals surface area contributed by atoms with Crippen molar-refractivity contribution >= 4 is 23.0 Å². The van der Waals surface area contributed by atoms with E-state index in [4.69, 9.17) is 4.42 Å². The number of rotatable bonds is 7. The van der Waals surface area contributed by atoms with Gasteiger partial charge in [-0.1, -0.05) is 11.2 Å². The van der Waals surface area contributed by atoms with Crippen LogP contribution < -0.4 is 10.6 Å². The number of nitrogens with zero attached hydrogens (tertiary/aromatic N) is 4. The molecule has 0 bridgehead atoms. The van der Waals surface area contributed by atoms with E-state index in [9.17, 15) is 36.6 Å². The van der Waals surface area contributed by atoms with E-state index < -0.39 is 61.2 Å². The standard InChI is InChI=1S/C24H25F5N6O5/c1-11-18(34-40-33-11)20(37)32-19(12-4-6-23(25,26)7-5-12)21-30-14-8-13(2-3-16(14)39-21)15(10-36)35-9-17(24(27,28)29)31-22(35)38/h2-3,8,12,15,17,19,36H,4-7,9-10H2,1H3,(H,31,38)(H,32,37). The van der Waals surface area contributed by atoms with Gasteiger partial charge >= 0.3 is 12.2 Å². The molecule has 3 atom stereocenters. The van der Waals surface area contributed by atoms with Crippen LogP contribution >= 0.6 is 0 Å². The summed E-state index contributed by atoms with van der Waals surface area (Å²) in [4.78, 5) is 30.5. The monoisotopic (exact) mass is 572 g/mol. The van der Waals surface area contributed by atoms with Gasteiger partial charge in [-0.05, 0) is 48.5 Å². The molecule has 3 heterocycles. The van der Waals surface area contributed by atoms with E-state index in [2.05, 4.69) is 25.2 Å². The first-order valence-electron chi connectivity index (χ1n) is 12.5. The van der Waals surface area contributed by atoms with E-state index in [0.29, 0.717) is 5.56 Å². The van der Waals surface area contributed by atoms with Gasteiger partial charge in [0.2, 0.25) is 11.8 Å². The lowest BCUT2D eigenvalue weighted by Gasteiger charge is -2.32. The highest BCUT2D eigenvalue weighted by atomic mass is 19.4. The largest absolute Gasteiger partial charge is 0.438 e. The average Bonchev–Trinajstić information content (AvgIpc) is 3.61. The molecule has 3 unspecified atom stereocenters. The first-order valence-corrected chi connectivity index (χ1v) is 12.5. The fraction of sp³-hybridized carbons (Fsp3) is 0.542. The second kappa shape index (κ2) is 10.3. The number of oxazole rings is 1. The molecule has 1 aliphatic carbocycles. The zero-order valence-electron chi connectivity index (χ0n) is 21.0. The number of nitrogens with one attached hydrogen (secondary N) is 2. The van der Waals surface area contributed by atoms with Crippen molar-refractivity contribution in [1.82, 2.24) is 30.8 Å². The third-order valence-electron chi connectivity index (χ3n) is 7.35. The van der Waals surface area contributed by atoms with Crippen LogP contribution in [0.1, 0.15) is 65.4 Å². The van der Waals surface area contributed by atoms with Gasteiger partial charge in [0.15, 0.2) is 11.3 Å². The quantitative estimate of drug-likeness (QED) is 0.363. The van der Waals surface area contributed by atoms with E-state index in [1.54, 1.807) is 0 Å². The number of aliphatic hydroxyl groups excluding tert-OH is 1. The number of aromatic nitrogens is 3. The Bertz CT molecular complexity index is 1400. The molecule has 16 heteroatoms. The first-order chi connectivity index (χ1) is 18.9. The predicted octanol–water partition coefficient (Wildman–Crippen LogP) is 3.81. The first kappa shape index (κ1) is 27.7. The minimum Gasteiger partial charge on any atom is -0.438 e. The summed E-state index contributed by atoms with van der Waals surface area (Å²) in [5.74, 6) is -3.90. The summed E-state index contributed by atoms with van der Waals surface area (Å²) in [6, 6.07) is -0.665. The second-order valence-electron chi connectivity index (χ2n) is 10.0. The molecule has 0 radical (unpaired) electrons. The van der Waals surface area contributed by atoms with Crippen molar-refractivity contribution < 1.29 is 45.7 Å². The van der Waals surface area contributed by atoms with Crippen LogP contribution in [0.5, 0.6) is 0 Å². The smallest absolute Gasteiger partial charge is 0.410 e. The summed E-state index contributed by atoms with van der Waals surface area (Å²) in [7, 11) is 0. The third-order valence-corrected chi connectivity index (χ3v) is 7.35. The highest BCUT2D eigenvalue weighted by Gasteiger charge is 2.48. The molecule has 2 aliphatic rings. The van der Waals surface area contributed by atoms with Crippen molar-refractivity contribution in [3.63, 3.8) is 0 Å². The highest BCUT2D eigenvalue weighted by molar-refractivity contribution is 5.93. The van der Waals surface area contributed by atoms with Crippen molar-refractivity contribution in [1.29, 1.82) is 0 Å². The normalized spacial score (nSPS) is 21.4. The summed E-state index contributed by atoms with van der Waals surface area (Å²) < 4.78 is 77.7. The molecule has 0 spiro atoms. The molecule has 11 nitrogen and oxygen atoms in total. The van der Waals surface area contributed by atoms with Gasteiger partial charge in [0.1, 0.15) is 23.3 Å². The fourth-order valence-corrected chi connectivity index (χ4v) is 5.12. The summed E-state index contributed by atoms with van der Waals surface area (Å²) in [5, 5.41) is 21.7. The molecular weight excluding hydrogens is 547 g/mol. The lowest BCUT2D eigenvalue weighted by molar-refractivity contribution is -0.150.